The second-order valence-electron chi connectivity index (χ2n) is 7.52. The number of rotatable bonds is 7. The number of nitrogens with one attached hydrogen (secondary N) is 1. The predicted molar refractivity (Wildman–Crippen MR) is 117 cm³/mol. The zero-order valence-corrected chi connectivity index (χ0v) is 17.2. The van der Waals surface area contributed by atoms with Crippen molar-refractivity contribution in [1.29, 1.82) is 0 Å². The highest BCUT2D eigenvalue weighted by atomic mass is 19.1. The fraction of sp³-hybridized carbons (Fsp3) is 0.240. The van der Waals surface area contributed by atoms with Crippen LogP contribution in [0.25, 0.3) is 0 Å². The van der Waals surface area contributed by atoms with Crippen molar-refractivity contribution < 1.29 is 18.7 Å². The summed E-state index contributed by atoms with van der Waals surface area (Å²) in [5.74, 6) is -0.0446. The third kappa shape index (κ3) is 6.13. The molecule has 0 spiro atoms. The van der Waals surface area contributed by atoms with Crippen LogP contribution in [0.2, 0.25) is 0 Å². The highest BCUT2D eigenvalue weighted by molar-refractivity contribution is 5.94. The van der Waals surface area contributed by atoms with E-state index < -0.39 is 6.10 Å². The van der Waals surface area contributed by atoms with E-state index in [1.54, 1.807) is 12.1 Å². The first-order chi connectivity index (χ1) is 15.2. The van der Waals surface area contributed by atoms with Gasteiger partial charge in [0.15, 0.2) is 0 Å². The van der Waals surface area contributed by atoms with Crippen LogP contribution >= 0.6 is 0 Å². The highest BCUT2D eigenvalue weighted by Gasteiger charge is 2.26. The van der Waals surface area contributed by atoms with E-state index in [9.17, 15) is 9.18 Å². The quantitative estimate of drug-likeness (QED) is 0.621. The lowest BCUT2D eigenvalue weighted by Crippen LogP contribution is -2.47. The van der Waals surface area contributed by atoms with Gasteiger partial charge in [0.2, 0.25) is 0 Å². The molecule has 0 aromatic heterocycles. The molecule has 1 N–H and O–H groups in total. The molecule has 0 aliphatic carbocycles. The average Bonchev–Trinajstić information content (AvgIpc) is 2.79. The molecule has 0 radical (unpaired) electrons. The third-order valence-corrected chi connectivity index (χ3v) is 5.09. The molecule has 4 rings (SSSR count). The van der Waals surface area contributed by atoms with Crippen molar-refractivity contribution in [3.8, 4) is 5.75 Å². The van der Waals surface area contributed by atoms with Crippen LogP contribution in [0.1, 0.15) is 11.1 Å². The maximum atomic E-state index is 13.3. The molecule has 1 heterocycles. The van der Waals surface area contributed by atoms with Gasteiger partial charge in [-0.15, -0.1) is 0 Å². The van der Waals surface area contributed by atoms with Crippen molar-refractivity contribution >= 4 is 11.6 Å². The lowest BCUT2D eigenvalue weighted by molar-refractivity contribution is -0.133. The largest absolute Gasteiger partial charge is 0.489 e. The van der Waals surface area contributed by atoms with Gasteiger partial charge in [0.1, 0.15) is 24.3 Å². The first-order valence-corrected chi connectivity index (χ1v) is 10.3. The Bertz CT molecular complexity index is 1010. The van der Waals surface area contributed by atoms with Gasteiger partial charge in [-0.1, -0.05) is 48.5 Å². The second kappa shape index (κ2) is 10.2. The van der Waals surface area contributed by atoms with Gasteiger partial charge < -0.3 is 14.8 Å². The van der Waals surface area contributed by atoms with Crippen LogP contribution < -0.4 is 10.1 Å². The number of halogens is 1. The minimum Gasteiger partial charge on any atom is -0.489 e. The molecular weight excluding hydrogens is 395 g/mol. The number of nitrogens with zero attached hydrogens (tertiary/aromatic N) is 1. The Labute approximate surface area is 181 Å². The van der Waals surface area contributed by atoms with E-state index in [2.05, 4.69) is 22.3 Å². The molecule has 160 valence electrons. The number of amides is 1. The van der Waals surface area contributed by atoms with E-state index in [1.807, 2.05) is 42.5 Å². The maximum absolute atomic E-state index is 13.3. The molecule has 1 fully saturated rings. The summed E-state index contributed by atoms with van der Waals surface area (Å²) in [7, 11) is 0. The fourth-order valence-electron chi connectivity index (χ4n) is 3.53. The molecule has 3 aromatic carbocycles. The van der Waals surface area contributed by atoms with Crippen LogP contribution in [0.15, 0.2) is 78.9 Å². The van der Waals surface area contributed by atoms with E-state index in [-0.39, 0.29) is 18.3 Å². The van der Waals surface area contributed by atoms with E-state index in [1.165, 1.54) is 17.7 Å². The summed E-state index contributed by atoms with van der Waals surface area (Å²) in [4.78, 5) is 15.0. The van der Waals surface area contributed by atoms with Crippen LogP contribution in [0.4, 0.5) is 10.1 Å². The van der Waals surface area contributed by atoms with Crippen molar-refractivity contribution in [1.82, 2.24) is 4.90 Å². The van der Waals surface area contributed by atoms with Crippen molar-refractivity contribution in [3.63, 3.8) is 0 Å². The van der Waals surface area contributed by atoms with Crippen LogP contribution in [-0.4, -0.2) is 36.6 Å². The van der Waals surface area contributed by atoms with Gasteiger partial charge in [0.25, 0.3) is 5.91 Å². The third-order valence-electron chi connectivity index (χ3n) is 5.09. The molecule has 1 aliphatic rings. The van der Waals surface area contributed by atoms with E-state index in [0.29, 0.717) is 24.6 Å². The zero-order valence-electron chi connectivity index (χ0n) is 17.2. The second-order valence-corrected chi connectivity index (χ2v) is 7.52. The van der Waals surface area contributed by atoms with Gasteiger partial charge in [-0.3, -0.25) is 9.69 Å². The molecule has 1 atom stereocenters. The van der Waals surface area contributed by atoms with Crippen molar-refractivity contribution in [2.45, 2.75) is 19.3 Å². The number of carbonyl (C=O) groups excluding carboxylic acids is 1. The van der Waals surface area contributed by atoms with Gasteiger partial charge >= 0.3 is 0 Å². The molecule has 0 saturated carbocycles. The smallest absolute Gasteiger partial charge is 0.254 e. The lowest BCUT2D eigenvalue weighted by Gasteiger charge is -2.32. The summed E-state index contributed by atoms with van der Waals surface area (Å²) in [6.07, 6.45) is -0.523. The molecule has 31 heavy (non-hydrogen) atoms. The number of ether oxygens (including phenoxy) is 2. The number of benzene rings is 3. The number of anilines is 1. The van der Waals surface area contributed by atoms with Crippen molar-refractivity contribution in [3.05, 3.63) is 95.8 Å². The standard InChI is InChI=1S/C25H25FN2O3/c26-21-9-5-11-23(15-21)31-18-20-8-4-10-22(14-20)27-25(29)24-17-28(12-13-30-24)16-19-6-2-1-3-7-19/h1-11,14-15,24H,12-13,16-18H2,(H,27,29). The molecule has 3 aromatic rings. The monoisotopic (exact) mass is 420 g/mol. The van der Waals surface area contributed by atoms with Gasteiger partial charge in [-0.2, -0.15) is 0 Å². The Morgan fingerprint density at radius 3 is 2.68 bits per heavy atom. The zero-order chi connectivity index (χ0) is 21.5. The predicted octanol–water partition coefficient (Wildman–Crippen LogP) is 4.24. The molecule has 5 nitrogen and oxygen atoms in total. The summed E-state index contributed by atoms with van der Waals surface area (Å²) in [5.41, 5.74) is 2.76. The Balaban J connectivity index is 1.32. The average molecular weight is 420 g/mol. The van der Waals surface area contributed by atoms with Crippen LogP contribution in [0.5, 0.6) is 5.75 Å². The van der Waals surface area contributed by atoms with E-state index in [0.717, 1.165) is 18.7 Å². The SMILES string of the molecule is O=C(Nc1cccc(COc2cccc(F)c2)c1)C1CN(Cc2ccccc2)CCO1. The molecule has 6 heteroatoms. The van der Waals surface area contributed by atoms with E-state index >= 15 is 0 Å². The first-order valence-electron chi connectivity index (χ1n) is 10.3. The number of morpholine rings is 1. The van der Waals surface area contributed by atoms with Crippen LogP contribution in [0.3, 0.4) is 0 Å². The molecule has 1 unspecified atom stereocenters. The number of hydrogen-bond donors (Lipinski definition) is 1. The molecule has 1 amide bonds. The summed E-state index contributed by atoms with van der Waals surface area (Å²) >= 11 is 0. The summed E-state index contributed by atoms with van der Waals surface area (Å²) in [6.45, 7) is 2.93. The summed E-state index contributed by atoms with van der Waals surface area (Å²) in [5, 5.41) is 2.94. The highest BCUT2D eigenvalue weighted by Crippen LogP contribution is 2.18. The summed E-state index contributed by atoms with van der Waals surface area (Å²) in [6, 6.07) is 23.6. The topological polar surface area (TPSA) is 50.8 Å². The van der Waals surface area contributed by atoms with Gasteiger partial charge in [0.05, 0.1) is 6.61 Å². The Kier molecular flexibility index (Phi) is 6.92. The minimum absolute atomic E-state index is 0.166. The van der Waals surface area contributed by atoms with Gasteiger partial charge in [-0.25, -0.2) is 4.39 Å². The van der Waals surface area contributed by atoms with E-state index in [4.69, 9.17) is 9.47 Å². The molecule has 1 saturated heterocycles. The van der Waals surface area contributed by atoms with Crippen molar-refractivity contribution in [2.24, 2.45) is 0 Å². The van der Waals surface area contributed by atoms with Crippen molar-refractivity contribution in [2.75, 3.05) is 25.0 Å². The minimum atomic E-state index is -0.523. The normalized spacial score (nSPS) is 16.6. The summed E-state index contributed by atoms with van der Waals surface area (Å²) < 4.78 is 24.6. The lowest BCUT2D eigenvalue weighted by atomic mass is 10.1. The van der Waals surface area contributed by atoms with Crippen LogP contribution in [-0.2, 0) is 22.7 Å². The van der Waals surface area contributed by atoms with Gasteiger partial charge in [0, 0.05) is 31.4 Å². The fourth-order valence-corrected chi connectivity index (χ4v) is 3.53. The molecule has 0 bridgehead atoms. The first kappa shape index (κ1) is 21.0. The maximum Gasteiger partial charge on any atom is 0.254 e. The van der Waals surface area contributed by atoms with Crippen LogP contribution in [0, 0.1) is 5.82 Å². The molecule has 1 aliphatic heterocycles. The number of hydrogen-bond acceptors (Lipinski definition) is 4. The van der Waals surface area contributed by atoms with Gasteiger partial charge in [-0.05, 0) is 35.4 Å². The molecular formula is C25H25FN2O3. The Morgan fingerprint density at radius 1 is 1.03 bits per heavy atom. The number of carbonyl (C=O) groups is 1. The Hall–Kier alpha value is -3.22. The Morgan fingerprint density at radius 2 is 1.84 bits per heavy atom.